The second-order valence-electron chi connectivity index (χ2n) is 6.40. The Labute approximate surface area is 132 Å². The van der Waals surface area contributed by atoms with E-state index in [1.165, 1.54) is 0 Å². The van der Waals surface area contributed by atoms with Gasteiger partial charge in [0, 0.05) is 38.0 Å². The van der Waals surface area contributed by atoms with E-state index in [1.54, 1.807) is 9.80 Å². The lowest BCUT2D eigenvalue weighted by Gasteiger charge is -2.23. The number of hydrogen-bond acceptors (Lipinski definition) is 2. The summed E-state index contributed by atoms with van der Waals surface area (Å²) >= 11 is 0. The third-order valence-corrected chi connectivity index (χ3v) is 3.23. The molecule has 0 bridgehead atoms. The van der Waals surface area contributed by atoms with Crippen LogP contribution in [-0.4, -0.2) is 47.8 Å². The zero-order valence-electron chi connectivity index (χ0n) is 15.0. The van der Waals surface area contributed by atoms with Gasteiger partial charge >= 0.3 is 0 Å². The summed E-state index contributed by atoms with van der Waals surface area (Å²) in [4.78, 5) is 26.0. The molecular weight excluding hydrogens is 264 g/mol. The largest absolute Gasteiger partial charge is 0.343 e. The van der Waals surface area contributed by atoms with Gasteiger partial charge < -0.3 is 9.80 Å². The normalized spacial score (nSPS) is 10.2. The van der Waals surface area contributed by atoms with Crippen molar-refractivity contribution in [2.24, 2.45) is 11.8 Å². The van der Waals surface area contributed by atoms with Gasteiger partial charge in [-0.05, 0) is 27.7 Å². The second-order valence-corrected chi connectivity index (χ2v) is 6.40. The topological polar surface area (TPSA) is 40.6 Å². The first kappa shape index (κ1) is 24.9. The average Bonchev–Trinajstić information content (AvgIpc) is 2.35. The highest BCUT2D eigenvalue weighted by Crippen LogP contribution is 2.03. The molecule has 0 heterocycles. The van der Waals surface area contributed by atoms with Crippen molar-refractivity contribution in [1.82, 2.24) is 9.80 Å². The van der Waals surface area contributed by atoms with E-state index in [2.05, 4.69) is 0 Å². The molecule has 0 saturated carbocycles. The third kappa shape index (κ3) is 10.3. The van der Waals surface area contributed by atoms with E-state index < -0.39 is 0 Å². The second kappa shape index (κ2) is 11.6. The Morgan fingerprint density at radius 1 is 0.619 bits per heavy atom. The Morgan fingerprint density at radius 2 is 0.810 bits per heavy atom. The lowest BCUT2D eigenvalue weighted by molar-refractivity contribution is -0.135. The van der Waals surface area contributed by atoms with Crippen LogP contribution in [0.25, 0.3) is 0 Å². The standard InChI is InChI=1S/2C8H17NO.CH4/c2*1-6(2)8(10)9(5)7(3)4;/h2*6-7H,1-5H3;1H4. The number of nitrogens with zero attached hydrogens (tertiary/aromatic N) is 2. The summed E-state index contributed by atoms with van der Waals surface area (Å²) in [6, 6.07) is 0.629. The molecule has 0 radical (unpaired) electrons. The zero-order valence-corrected chi connectivity index (χ0v) is 15.0. The van der Waals surface area contributed by atoms with Crippen LogP contribution in [0, 0.1) is 11.8 Å². The van der Waals surface area contributed by atoms with E-state index in [0.29, 0.717) is 12.1 Å². The van der Waals surface area contributed by atoms with E-state index in [4.69, 9.17) is 0 Å². The van der Waals surface area contributed by atoms with Gasteiger partial charge in [0.05, 0.1) is 0 Å². The highest BCUT2D eigenvalue weighted by atomic mass is 16.2. The van der Waals surface area contributed by atoms with Gasteiger partial charge in [0.2, 0.25) is 11.8 Å². The minimum Gasteiger partial charge on any atom is -0.343 e. The van der Waals surface area contributed by atoms with Crippen LogP contribution in [0.2, 0.25) is 0 Å². The van der Waals surface area contributed by atoms with Crippen molar-refractivity contribution in [2.45, 2.75) is 74.9 Å². The summed E-state index contributed by atoms with van der Waals surface area (Å²) in [6.45, 7) is 15.7. The first-order valence-corrected chi connectivity index (χ1v) is 7.46. The van der Waals surface area contributed by atoms with Crippen LogP contribution in [0.4, 0.5) is 0 Å². The van der Waals surface area contributed by atoms with Crippen molar-refractivity contribution >= 4 is 11.8 Å². The maximum absolute atomic E-state index is 11.2. The Morgan fingerprint density at radius 3 is 0.857 bits per heavy atom. The molecule has 128 valence electrons. The van der Waals surface area contributed by atoms with Gasteiger partial charge in [-0.2, -0.15) is 0 Å². The Hall–Kier alpha value is -1.06. The van der Waals surface area contributed by atoms with Gasteiger partial charge in [-0.3, -0.25) is 9.59 Å². The molecule has 0 aromatic carbocycles. The van der Waals surface area contributed by atoms with Crippen LogP contribution in [0.1, 0.15) is 62.8 Å². The Balaban J connectivity index is -0.000000295. The fourth-order valence-electron chi connectivity index (χ4n) is 1.32. The molecule has 4 heteroatoms. The summed E-state index contributed by atoms with van der Waals surface area (Å²) in [7, 11) is 3.68. The monoisotopic (exact) mass is 302 g/mol. The van der Waals surface area contributed by atoms with Gasteiger partial charge in [-0.25, -0.2) is 0 Å². The molecule has 0 aromatic heterocycles. The molecule has 0 aliphatic carbocycles. The smallest absolute Gasteiger partial charge is 0.225 e. The highest BCUT2D eigenvalue weighted by molar-refractivity contribution is 5.78. The Kier molecular flexibility index (Phi) is 13.7. The van der Waals surface area contributed by atoms with Crippen LogP contribution in [0.3, 0.4) is 0 Å². The van der Waals surface area contributed by atoms with Crippen molar-refractivity contribution in [3.05, 3.63) is 0 Å². The molecule has 0 unspecified atom stereocenters. The van der Waals surface area contributed by atoms with Crippen LogP contribution in [0.5, 0.6) is 0 Å². The van der Waals surface area contributed by atoms with Crippen LogP contribution in [-0.2, 0) is 9.59 Å². The minimum absolute atomic E-state index is 0. The lowest BCUT2D eigenvalue weighted by atomic mass is 10.2. The molecular formula is C17H38N2O2. The molecule has 21 heavy (non-hydrogen) atoms. The number of amides is 2. The van der Waals surface area contributed by atoms with E-state index in [1.807, 2.05) is 69.5 Å². The summed E-state index contributed by atoms with van der Waals surface area (Å²) in [6.07, 6.45) is 0. The molecule has 0 rings (SSSR count). The van der Waals surface area contributed by atoms with Crippen LogP contribution < -0.4 is 0 Å². The van der Waals surface area contributed by atoms with Crippen LogP contribution in [0.15, 0.2) is 0 Å². The van der Waals surface area contributed by atoms with Gasteiger partial charge in [-0.15, -0.1) is 0 Å². The molecule has 4 nitrogen and oxygen atoms in total. The number of carbonyl (C=O) groups excluding carboxylic acids is 2. The van der Waals surface area contributed by atoms with Gasteiger partial charge in [0.25, 0.3) is 0 Å². The average molecular weight is 303 g/mol. The first-order valence-electron chi connectivity index (χ1n) is 7.46. The summed E-state index contributed by atoms with van der Waals surface area (Å²) in [5.41, 5.74) is 0. The number of carbonyl (C=O) groups is 2. The molecule has 0 saturated heterocycles. The molecule has 0 N–H and O–H groups in total. The van der Waals surface area contributed by atoms with Crippen molar-refractivity contribution < 1.29 is 9.59 Å². The molecule has 0 aliphatic rings. The van der Waals surface area contributed by atoms with Gasteiger partial charge in [-0.1, -0.05) is 35.1 Å². The van der Waals surface area contributed by atoms with Crippen molar-refractivity contribution in [1.29, 1.82) is 0 Å². The maximum Gasteiger partial charge on any atom is 0.225 e. The fourth-order valence-corrected chi connectivity index (χ4v) is 1.32. The number of rotatable bonds is 4. The fraction of sp³-hybridized carbons (Fsp3) is 0.882. The van der Waals surface area contributed by atoms with E-state index >= 15 is 0 Å². The van der Waals surface area contributed by atoms with E-state index in [-0.39, 0.29) is 31.1 Å². The van der Waals surface area contributed by atoms with Crippen LogP contribution >= 0.6 is 0 Å². The number of hydrogen-bond donors (Lipinski definition) is 0. The SMILES string of the molecule is C.CC(C)C(=O)N(C)C(C)C.CC(C)C(=O)N(C)C(C)C. The van der Waals surface area contributed by atoms with Crippen molar-refractivity contribution in [3.8, 4) is 0 Å². The van der Waals surface area contributed by atoms with Gasteiger partial charge in [0.1, 0.15) is 0 Å². The quantitative estimate of drug-likeness (QED) is 0.795. The molecule has 0 aliphatic heterocycles. The maximum atomic E-state index is 11.2. The molecule has 0 aromatic rings. The summed E-state index contributed by atoms with van der Waals surface area (Å²) in [5, 5.41) is 0. The summed E-state index contributed by atoms with van der Waals surface area (Å²) in [5.74, 6) is 0.671. The lowest BCUT2D eigenvalue weighted by Crippen LogP contribution is -2.35. The predicted octanol–water partition coefficient (Wildman–Crippen LogP) is 3.65. The first-order chi connectivity index (χ1) is 8.93. The zero-order chi connectivity index (χ0) is 16.6. The molecule has 0 fully saturated rings. The molecule has 0 spiro atoms. The molecule has 0 atom stereocenters. The Bertz CT molecular complexity index is 267. The molecule has 2 amide bonds. The minimum atomic E-state index is 0. The van der Waals surface area contributed by atoms with E-state index in [0.717, 1.165) is 0 Å². The summed E-state index contributed by atoms with van der Waals surface area (Å²) < 4.78 is 0. The highest BCUT2D eigenvalue weighted by Gasteiger charge is 2.15. The van der Waals surface area contributed by atoms with E-state index in [9.17, 15) is 9.59 Å². The van der Waals surface area contributed by atoms with Crippen molar-refractivity contribution in [2.75, 3.05) is 14.1 Å². The van der Waals surface area contributed by atoms with Gasteiger partial charge in [0.15, 0.2) is 0 Å². The van der Waals surface area contributed by atoms with Crippen molar-refractivity contribution in [3.63, 3.8) is 0 Å². The predicted molar refractivity (Wildman–Crippen MR) is 92.2 cm³/mol. The third-order valence-electron chi connectivity index (χ3n) is 3.23.